The number of nitrogens with zero attached hydrogens (tertiary/aromatic N) is 3. The highest BCUT2D eigenvalue weighted by Gasteiger charge is 2.17. The lowest BCUT2D eigenvalue weighted by Crippen LogP contribution is -2.20. The number of nitro groups is 1. The molecule has 2 aromatic carbocycles. The molecule has 1 heterocycles. The van der Waals surface area contributed by atoms with Crippen LogP contribution in [0.4, 0.5) is 14.5 Å². The van der Waals surface area contributed by atoms with Crippen LogP contribution in [0.3, 0.4) is 0 Å². The monoisotopic (exact) mass is 360 g/mol. The van der Waals surface area contributed by atoms with Gasteiger partial charge in [0, 0.05) is 29.3 Å². The van der Waals surface area contributed by atoms with Crippen LogP contribution < -0.4 is 5.32 Å². The van der Waals surface area contributed by atoms with Crippen molar-refractivity contribution in [1.82, 2.24) is 15.5 Å². The highest BCUT2D eigenvalue weighted by Crippen LogP contribution is 2.23. The maximum absolute atomic E-state index is 13.8. The van der Waals surface area contributed by atoms with Crippen molar-refractivity contribution in [3.63, 3.8) is 0 Å². The average molecular weight is 360 g/mol. The molecule has 0 amide bonds. The van der Waals surface area contributed by atoms with Crippen LogP contribution in [0.1, 0.15) is 24.4 Å². The molecule has 1 aromatic heterocycles. The van der Waals surface area contributed by atoms with Gasteiger partial charge in [0.1, 0.15) is 11.6 Å². The van der Waals surface area contributed by atoms with E-state index in [1.165, 1.54) is 36.4 Å². The number of nitro benzene ring substituents is 1. The second kappa shape index (κ2) is 7.36. The van der Waals surface area contributed by atoms with Crippen molar-refractivity contribution in [3.05, 3.63) is 75.7 Å². The van der Waals surface area contributed by atoms with E-state index in [2.05, 4.69) is 15.5 Å². The molecule has 26 heavy (non-hydrogen) atoms. The minimum absolute atomic E-state index is 0.0778. The Morgan fingerprint density at radius 1 is 1.23 bits per heavy atom. The molecule has 0 fully saturated rings. The summed E-state index contributed by atoms with van der Waals surface area (Å²) < 4.78 is 32.6. The van der Waals surface area contributed by atoms with Crippen molar-refractivity contribution in [1.29, 1.82) is 0 Å². The van der Waals surface area contributed by atoms with Crippen molar-refractivity contribution in [2.24, 2.45) is 0 Å². The fourth-order valence-corrected chi connectivity index (χ4v) is 2.47. The summed E-state index contributed by atoms with van der Waals surface area (Å²) in [5.41, 5.74) is 0.268. The average Bonchev–Trinajstić information content (AvgIpc) is 3.09. The second-order valence-electron chi connectivity index (χ2n) is 5.56. The molecule has 0 aliphatic carbocycles. The summed E-state index contributed by atoms with van der Waals surface area (Å²) in [5.74, 6) is -0.911. The zero-order valence-electron chi connectivity index (χ0n) is 13.6. The maximum atomic E-state index is 13.8. The van der Waals surface area contributed by atoms with Gasteiger partial charge in [-0.25, -0.2) is 8.78 Å². The maximum Gasteiger partial charge on any atom is 0.270 e. The third-order valence-electron chi connectivity index (χ3n) is 3.78. The van der Waals surface area contributed by atoms with Crippen LogP contribution in [0, 0.1) is 21.7 Å². The van der Waals surface area contributed by atoms with Crippen molar-refractivity contribution < 1.29 is 18.2 Å². The smallest absolute Gasteiger partial charge is 0.270 e. The third-order valence-corrected chi connectivity index (χ3v) is 3.78. The predicted molar refractivity (Wildman–Crippen MR) is 88.0 cm³/mol. The van der Waals surface area contributed by atoms with Crippen molar-refractivity contribution >= 4 is 5.69 Å². The fraction of sp³-hybridized carbons (Fsp3) is 0.176. The molecule has 3 rings (SSSR count). The summed E-state index contributed by atoms with van der Waals surface area (Å²) in [6.07, 6.45) is 0. The lowest BCUT2D eigenvalue weighted by Gasteiger charge is -2.14. The largest absolute Gasteiger partial charge is 0.338 e. The van der Waals surface area contributed by atoms with Gasteiger partial charge in [0.05, 0.1) is 11.5 Å². The topological polar surface area (TPSA) is 94.1 Å². The summed E-state index contributed by atoms with van der Waals surface area (Å²) in [5, 5.41) is 17.5. The summed E-state index contributed by atoms with van der Waals surface area (Å²) in [4.78, 5) is 14.5. The van der Waals surface area contributed by atoms with Crippen molar-refractivity contribution in [2.75, 3.05) is 0 Å². The normalized spacial score (nSPS) is 12.1. The van der Waals surface area contributed by atoms with Gasteiger partial charge < -0.3 is 9.84 Å². The number of rotatable bonds is 6. The standard InChI is InChI=1S/C17H14F2N4O3/c1-10(16-13(18)6-3-7-14(16)19)20-9-15-21-17(22-26-15)11-4-2-5-12(8-11)23(24)25/h2-8,10,20H,9H2,1H3. The van der Waals surface area contributed by atoms with Gasteiger partial charge in [-0.2, -0.15) is 4.98 Å². The molecule has 0 saturated carbocycles. The van der Waals surface area contributed by atoms with Crippen LogP contribution in [0.5, 0.6) is 0 Å². The summed E-state index contributed by atoms with van der Waals surface area (Å²) >= 11 is 0. The van der Waals surface area contributed by atoms with Crippen LogP contribution in [0.25, 0.3) is 11.4 Å². The Morgan fingerprint density at radius 3 is 2.62 bits per heavy atom. The van der Waals surface area contributed by atoms with E-state index in [0.717, 1.165) is 0 Å². The van der Waals surface area contributed by atoms with Gasteiger partial charge in [0.25, 0.3) is 5.69 Å². The zero-order valence-corrected chi connectivity index (χ0v) is 13.6. The number of hydrogen-bond donors (Lipinski definition) is 1. The van der Waals surface area contributed by atoms with Crippen LogP contribution in [-0.2, 0) is 6.54 Å². The minimum atomic E-state index is -0.646. The van der Waals surface area contributed by atoms with Crippen LogP contribution in [-0.4, -0.2) is 15.1 Å². The molecule has 1 unspecified atom stereocenters. The SMILES string of the molecule is CC(NCc1nc(-c2cccc([N+](=O)[O-])c2)no1)c1c(F)cccc1F. The van der Waals surface area contributed by atoms with E-state index in [9.17, 15) is 18.9 Å². The summed E-state index contributed by atoms with van der Waals surface area (Å²) in [7, 11) is 0. The van der Waals surface area contributed by atoms with Gasteiger partial charge in [-0.1, -0.05) is 23.4 Å². The van der Waals surface area contributed by atoms with E-state index in [1.807, 2.05) is 0 Å². The second-order valence-corrected chi connectivity index (χ2v) is 5.56. The van der Waals surface area contributed by atoms with Crippen LogP contribution in [0.15, 0.2) is 47.0 Å². The Balaban J connectivity index is 1.71. The molecular weight excluding hydrogens is 346 g/mol. The molecule has 9 heteroatoms. The fourth-order valence-electron chi connectivity index (χ4n) is 2.47. The Labute approximate surface area is 146 Å². The lowest BCUT2D eigenvalue weighted by atomic mass is 10.1. The first-order chi connectivity index (χ1) is 12.5. The van der Waals surface area contributed by atoms with Gasteiger partial charge in [-0.05, 0) is 19.1 Å². The van der Waals surface area contributed by atoms with E-state index in [4.69, 9.17) is 4.52 Å². The van der Waals surface area contributed by atoms with E-state index >= 15 is 0 Å². The Bertz CT molecular complexity index is 925. The quantitative estimate of drug-likeness (QED) is 0.531. The third kappa shape index (κ3) is 3.72. The molecule has 1 atom stereocenters. The number of aromatic nitrogens is 2. The lowest BCUT2D eigenvalue weighted by molar-refractivity contribution is -0.384. The van der Waals surface area contributed by atoms with Crippen LogP contribution >= 0.6 is 0 Å². The van der Waals surface area contributed by atoms with Crippen LogP contribution in [0.2, 0.25) is 0 Å². The minimum Gasteiger partial charge on any atom is -0.338 e. The summed E-state index contributed by atoms with van der Waals surface area (Å²) in [6.45, 7) is 1.69. The first kappa shape index (κ1) is 17.6. The molecular formula is C17H14F2N4O3. The zero-order chi connectivity index (χ0) is 18.7. The molecule has 0 radical (unpaired) electrons. The molecule has 0 aliphatic heterocycles. The molecule has 0 bridgehead atoms. The van der Waals surface area contributed by atoms with E-state index in [0.29, 0.717) is 5.56 Å². The molecule has 7 nitrogen and oxygen atoms in total. The molecule has 0 aliphatic rings. The first-order valence-corrected chi connectivity index (χ1v) is 7.70. The van der Waals surface area contributed by atoms with Gasteiger partial charge in [-0.15, -0.1) is 0 Å². The van der Waals surface area contributed by atoms with Gasteiger partial charge in [0.2, 0.25) is 11.7 Å². The Hall–Kier alpha value is -3.20. The Morgan fingerprint density at radius 2 is 1.92 bits per heavy atom. The first-order valence-electron chi connectivity index (χ1n) is 7.70. The predicted octanol–water partition coefficient (Wildman–Crippen LogP) is 3.77. The van der Waals surface area contributed by atoms with Gasteiger partial charge in [-0.3, -0.25) is 10.1 Å². The molecule has 3 aromatic rings. The van der Waals surface area contributed by atoms with E-state index in [1.54, 1.807) is 13.0 Å². The van der Waals surface area contributed by atoms with Crippen molar-refractivity contribution in [2.45, 2.75) is 19.5 Å². The molecule has 134 valence electrons. The molecule has 1 N–H and O–H groups in total. The number of nitrogens with one attached hydrogen (secondary N) is 1. The summed E-state index contributed by atoms with van der Waals surface area (Å²) in [6, 6.07) is 8.87. The van der Waals surface area contributed by atoms with Gasteiger partial charge >= 0.3 is 0 Å². The van der Waals surface area contributed by atoms with Crippen molar-refractivity contribution in [3.8, 4) is 11.4 Å². The molecule has 0 spiro atoms. The Kier molecular flexibility index (Phi) is 4.99. The van der Waals surface area contributed by atoms with E-state index < -0.39 is 22.6 Å². The highest BCUT2D eigenvalue weighted by atomic mass is 19.1. The highest BCUT2D eigenvalue weighted by molar-refractivity contribution is 5.58. The number of non-ortho nitro benzene ring substituents is 1. The van der Waals surface area contributed by atoms with Gasteiger partial charge in [0.15, 0.2) is 0 Å². The number of benzene rings is 2. The number of hydrogen-bond acceptors (Lipinski definition) is 6. The number of halogens is 2. The molecule has 0 saturated heterocycles. The van der Waals surface area contributed by atoms with E-state index in [-0.39, 0.29) is 29.5 Å².